The molecule has 1 aromatic rings. The Morgan fingerprint density at radius 2 is 2.27 bits per heavy atom. The van der Waals surface area contributed by atoms with Crippen LogP contribution in [-0.4, -0.2) is 36.1 Å². The van der Waals surface area contributed by atoms with Crippen molar-refractivity contribution >= 4 is 17.5 Å². The van der Waals surface area contributed by atoms with Gasteiger partial charge in [-0.25, -0.2) is 4.39 Å². The molecule has 2 atom stereocenters. The van der Waals surface area contributed by atoms with Crippen LogP contribution in [0.3, 0.4) is 0 Å². The quantitative estimate of drug-likeness (QED) is 0.863. The fourth-order valence-corrected chi connectivity index (χ4v) is 2.56. The zero-order valence-electron chi connectivity index (χ0n) is 12.8. The second-order valence-corrected chi connectivity index (χ2v) is 5.76. The first-order valence-corrected chi connectivity index (χ1v) is 7.40. The summed E-state index contributed by atoms with van der Waals surface area (Å²) in [5.74, 6) is -1.06. The van der Waals surface area contributed by atoms with Gasteiger partial charge in [0, 0.05) is 31.3 Å². The number of halogens is 1. The van der Waals surface area contributed by atoms with Crippen LogP contribution in [0.15, 0.2) is 18.2 Å². The van der Waals surface area contributed by atoms with E-state index in [4.69, 9.17) is 5.11 Å². The lowest BCUT2D eigenvalue weighted by molar-refractivity contribution is -0.126. The van der Waals surface area contributed by atoms with E-state index >= 15 is 0 Å². The molecule has 2 N–H and O–H groups in total. The van der Waals surface area contributed by atoms with E-state index in [-0.39, 0.29) is 36.7 Å². The van der Waals surface area contributed by atoms with Gasteiger partial charge in [-0.2, -0.15) is 0 Å². The third-order valence-corrected chi connectivity index (χ3v) is 3.90. The van der Waals surface area contributed by atoms with Crippen molar-refractivity contribution in [3.05, 3.63) is 29.6 Å². The molecule has 1 aromatic carbocycles. The summed E-state index contributed by atoms with van der Waals surface area (Å²) in [6, 6.07) is 4.36. The lowest BCUT2D eigenvalue weighted by atomic mass is 10.1. The fourth-order valence-electron chi connectivity index (χ4n) is 2.56. The van der Waals surface area contributed by atoms with Gasteiger partial charge in [-0.3, -0.25) is 9.59 Å². The summed E-state index contributed by atoms with van der Waals surface area (Å²) in [4.78, 5) is 25.8. The number of rotatable bonds is 5. The Hall–Kier alpha value is -1.95. The molecule has 0 saturated carbocycles. The van der Waals surface area contributed by atoms with Crippen LogP contribution in [0.25, 0.3) is 0 Å². The van der Waals surface area contributed by atoms with Crippen molar-refractivity contribution in [1.29, 1.82) is 0 Å². The smallest absolute Gasteiger partial charge is 0.227 e. The molecule has 6 heteroatoms. The predicted octanol–water partition coefficient (Wildman–Crippen LogP) is 1.37. The van der Waals surface area contributed by atoms with Crippen LogP contribution in [-0.2, 0) is 9.59 Å². The standard InChI is InChI=1S/C16H21FN2O3/c1-10-7-13(3-4-14(10)17)19-9-12(8-15(19)21)16(22)18-11(2)5-6-20/h3-4,7,11-12,20H,5-6,8-9H2,1-2H3,(H,18,22). The molecule has 1 fully saturated rings. The molecule has 1 aliphatic heterocycles. The number of amides is 2. The lowest BCUT2D eigenvalue weighted by Gasteiger charge is -2.18. The van der Waals surface area contributed by atoms with Gasteiger partial charge in [-0.05, 0) is 44.0 Å². The van der Waals surface area contributed by atoms with Gasteiger partial charge in [0.2, 0.25) is 11.8 Å². The van der Waals surface area contributed by atoms with Gasteiger partial charge in [0.25, 0.3) is 0 Å². The van der Waals surface area contributed by atoms with Crippen LogP contribution >= 0.6 is 0 Å². The molecule has 0 bridgehead atoms. The maximum atomic E-state index is 13.3. The number of anilines is 1. The van der Waals surface area contributed by atoms with Crippen LogP contribution in [0.1, 0.15) is 25.3 Å². The number of aliphatic hydroxyl groups is 1. The van der Waals surface area contributed by atoms with Crippen molar-refractivity contribution in [2.24, 2.45) is 5.92 Å². The summed E-state index contributed by atoms with van der Waals surface area (Å²) in [7, 11) is 0. The van der Waals surface area contributed by atoms with E-state index in [0.29, 0.717) is 24.2 Å². The number of benzene rings is 1. The van der Waals surface area contributed by atoms with E-state index in [2.05, 4.69) is 5.32 Å². The minimum Gasteiger partial charge on any atom is -0.396 e. The minimum atomic E-state index is -0.418. The van der Waals surface area contributed by atoms with E-state index in [1.54, 1.807) is 19.1 Å². The van der Waals surface area contributed by atoms with Crippen molar-refractivity contribution in [2.75, 3.05) is 18.1 Å². The van der Waals surface area contributed by atoms with E-state index in [0.717, 1.165) is 0 Å². The topological polar surface area (TPSA) is 69.6 Å². The molecule has 5 nitrogen and oxygen atoms in total. The van der Waals surface area contributed by atoms with Crippen molar-refractivity contribution in [1.82, 2.24) is 5.32 Å². The van der Waals surface area contributed by atoms with Crippen molar-refractivity contribution in [2.45, 2.75) is 32.7 Å². The first-order chi connectivity index (χ1) is 10.4. The molecular weight excluding hydrogens is 287 g/mol. The molecule has 0 aromatic heterocycles. The Labute approximate surface area is 129 Å². The molecule has 1 heterocycles. The summed E-state index contributed by atoms with van der Waals surface area (Å²) in [6.07, 6.45) is 0.626. The summed E-state index contributed by atoms with van der Waals surface area (Å²) >= 11 is 0. The van der Waals surface area contributed by atoms with Crippen LogP contribution in [0.5, 0.6) is 0 Å². The van der Waals surface area contributed by atoms with Crippen molar-refractivity contribution < 1.29 is 19.1 Å². The predicted molar refractivity (Wildman–Crippen MR) is 80.9 cm³/mol. The molecule has 2 unspecified atom stereocenters. The second kappa shape index (κ2) is 6.87. The number of hydrogen-bond donors (Lipinski definition) is 2. The molecule has 0 aliphatic carbocycles. The molecule has 1 saturated heterocycles. The summed E-state index contributed by atoms with van der Waals surface area (Å²) in [5.41, 5.74) is 1.08. The number of aliphatic hydroxyl groups excluding tert-OH is 1. The van der Waals surface area contributed by atoms with Gasteiger partial charge >= 0.3 is 0 Å². The first kappa shape index (κ1) is 16.4. The monoisotopic (exact) mass is 308 g/mol. The highest BCUT2D eigenvalue weighted by atomic mass is 19.1. The second-order valence-electron chi connectivity index (χ2n) is 5.76. The van der Waals surface area contributed by atoms with Crippen LogP contribution in [0.2, 0.25) is 0 Å². The van der Waals surface area contributed by atoms with Gasteiger partial charge in [0.05, 0.1) is 5.92 Å². The highest BCUT2D eigenvalue weighted by Gasteiger charge is 2.35. The van der Waals surface area contributed by atoms with E-state index < -0.39 is 5.92 Å². The maximum absolute atomic E-state index is 13.3. The molecule has 0 spiro atoms. The molecule has 22 heavy (non-hydrogen) atoms. The number of hydrogen-bond acceptors (Lipinski definition) is 3. The third-order valence-electron chi connectivity index (χ3n) is 3.90. The zero-order chi connectivity index (χ0) is 16.3. The van der Waals surface area contributed by atoms with E-state index in [1.165, 1.54) is 11.0 Å². The highest BCUT2D eigenvalue weighted by Crippen LogP contribution is 2.26. The maximum Gasteiger partial charge on any atom is 0.227 e. The number of nitrogens with zero attached hydrogens (tertiary/aromatic N) is 1. The average molecular weight is 308 g/mol. The van der Waals surface area contributed by atoms with Crippen molar-refractivity contribution in [3.63, 3.8) is 0 Å². The Kier molecular flexibility index (Phi) is 5.13. The zero-order valence-corrected chi connectivity index (χ0v) is 12.8. The molecule has 1 aliphatic rings. The SMILES string of the molecule is Cc1cc(N2CC(C(=O)NC(C)CCO)CC2=O)ccc1F. The highest BCUT2D eigenvalue weighted by molar-refractivity contribution is 6.00. The Balaban J connectivity index is 2.04. The van der Waals surface area contributed by atoms with Crippen LogP contribution in [0, 0.1) is 18.7 Å². The van der Waals surface area contributed by atoms with Gasteiger partial charge in [-0.15, -0.1) is 0 Å². The van der Waals surface area contributed by atoms with Gasteiger partial charge < -0.3 is 15.3 Å². The number of aryl methyl sites for hydroxylation is 1. The molecule has 120 valence electrons. The summed E-state index contributed by atoms with van der Waals surface area (Å²) < 4.78 is 13.3. The number of nitrogens with one attached hydrogen (secondary N) is 1. The number of carbonyl (C=O) groups excluding carboxylic acids is 2. The minimum absolute atomic E-state index is 0.00598. The normalized spacial score (nSPS) is 19.4. The summed E-state index contributed by atoms with van der Waals surface area (Å²) in [6.45, 7) is 3.75. The molecule has 2 amide bonds. The summed E-state index contributed by atoms with van der Waals surface area (Å²) in [5, 5.41) is 11.6. The lowest BCUT2D eigenvalue weighted by Crippen LogP contribution is -2.38. The van der Waals surface area contributed by atoms with Crippen LogP contribution < -0.4 is 10.2 Å². The first-order valence-electron chi connectivity index (χ1n) is 7.40. The molecule has 2 rings (SSSR count). The fraction of sp³-hybridized carbons (Fsp3) is 0.500. The van der Waals surface area contributed by atoms with E-state index in [1.807, 2.05) is 6.92 Å². The Morgan fingerprint density at radius 1 is 1.55 bits per heavy atom. The molecule has 0 radical (unpaired) electrons. The largest absolute Gasteiger partial charge is 0.396 e. The van der Waals surface area contributed by atoms with Crippen LogP contribution in [0.4, 0.5) is 10.1 Å². The van der Waals surface area contributed by atoms with E-state index in [9.17, 15) is 14.0 Å². The Morgan fingerprint density at radius 3 is 2.91 bits per heavy atom. The number of carbonyl (C=O) groups is 2. The van der Waals surface area contributed by atoms with Gasteiger partial charge in [-0.1, -0.05) is 0 Å². The third kappa shape index (κ3) is 3.62. The van der Waals surface area contributed by atoms with Gasteiger partial charge in [0.15, 0.2) is 0 Å². The molecular formula is C16H21FN2O3. The van der Waals surface area contributed by atoms with Crippen molar-refractivity contribution in [3.8, 4) is 0 Å². The average Bonchev–Trinajstić information content (AvgIpc) is 2.84. The Bertz CT molecular complexity index is 577. The van der Waals surface area contributed by atoms with Gasteiger partial charge in [0.1, 0.15) is 5.82 Å².